The third-order valence-electron chi connectivity index (χ3n) is 3.16. The number of carbonyl (C=O) groups excluding carboxylic acids is 1. The molecule has 1 fully saturated rings. The van der Waals surface area contributed by atoms with Gasteiger partial charge in [-0.3, -0.25) is 4.79 Å². The number of hydrogen-bond donors (Lipinski definition) is 1. The normalized spacial score (nSPS) is 23.4. The zero-order valence-corrected chi connectivity index (χ0v) is 11.9. The van der Waals surface area contributed by atoms with Crippen LogP contribution in [0.3, 0.4) is 0 Å². The summed E-state index contributed by atoms with van der Waals surface area (Å²) in [4.78, 5) is 18.6. The predicted molar refractivity (Wildman–Crippen MR) is 73.3 cm³/mol. The average Bonchev–Trinajstić information content (AvgIpc) is 2.47. The first kappa shape index (κ1) is 14.3. The smallest absolute Gasteiger partial charge is 0.257 e. The quantitative estimate of drug-likeness (QED) is 0.839. The van der Waals surface area contributed by atoms with Crippen LogP contribution in [0.25, 0.3) is 0 Å². The lowest BCUT2D eigenvalue weighted by Crippen LogP contribution is -2.52. The van der Waals surface area contributed by atoms with Gasteiger partial charge in [-0.2, -0.15) is 0 Å². The minimum atomic E-state index is -0.297. The molecule has 2 heterocycles. The van der Waals surface area contributed by atoms with Gasteiger partial charge < -0.3 is 14.7 Å². The van der Waals surface area contributed by atoms with E-state index in [1.54, 1.807) is 23.2 Å². The van der Waals surface area contributed by atoms with E-state index in [1.807, 2.05) is 13.2 Å². The Balaban J connectivity index is 2.22. The number of aliphatic hydroxyl groups is 1. The summed E-state index contributed by atoms with van der Waals surface area (Å²) in [6.07, 6.45) is 3.29. The second kappa shape index (κ2) is 6.36. The predicted octanol–water partition coefficient (Wildman–Crippen LogP) is 1.03. The van der Waals surface area contributed by atoms with Crippen LogP contribution in [0.2, 0.25) is 0 Å². The molecule has 1 saturated heterocycles. The summed E-state index contributed by atoms with van der Waals surface area (Å²) in [5, 5.41) is 9.90. The molecule has 2 unspecified atom stereocenters. The highest BCUT2D eigenvalue weighted by Gasteiger charge is 2.30. The standard InChI is InChI=1S/C13H18N2O3S/c1-9-8-18-10(7-16)6-15(9)13(17)11-4-3-5-14-12(11)19-2/h3-5,9-10,16H,6-8H2,1-2H3. The fraction of sp³-hybridized carbons (Fsp3) is 0.538. The van der Waals surface area contributed by atoms with Gasteiger partial charge in [-0.25, -0.2) is 4.98 Å². The van der Waals surface area contributed by atoms with Crippen molar-refractivity contribution < 1.29 is 14.6 Å². The van der Waals surface area contributed by atoms with Crippen LogP contribution < -0.4 is 0 Å². The Bertz CT molecular complexity index is 455. The molecule has 2 rings (SSSR count). The zero-order chi connectivity index (χ0) is 13.8. The van der Waals surface area contributed by atoms with Crippen LogP contribution in [0.5, 0.6) is 0 Å². The molecule has 104 valence electrons. The van der Waals surface area contributed by atoms with Gasteiger partial charge >= 0.3 is 0 Å². The molecular formula is C13H18N2O3S. The Morgan fingerprint density at radius 1 is 1.68 bits per heavy atom. The van der Waals surface area contributed by atoms with Crippen molar-refractivity contribution in [1.82, 2.24) is 9.88 Å². The number of ether oxygens (including phenoxy) is 1. The topological polar surface area (TPSA) is 62.7 Å². The van der Waals surface area contributed by atoms with E-state index in [4.69, 9.17) is 9.84 Å². The molecule has 0 spiro atoms. The number of aliphatic hydroxyl groups excluding tert-OH is 1. The number of amides is 1. The molecule has 5 nitrogen and oxygen atoms in total. The first-order valence-corrected chi connectivity index (χ1v) is 7.42. The number of morpholine rings is 1. The van der Waals surface area contributed by atoms with E-state index in [9.17, 15) is 4.79 Å². The van der Waals surface area contributed by atoms with Crippen LogP contribution in [0, 0.1) is 0 Å². The molecule has 0 radical (unpaired) electrons. The summed E-state index contributed by atoms with van der Waals surface area (Å²) < 4.78 is 5.45. The monoisotopic (exact) mass is 282 g/mol. The molecule has 0 aromatic carbocycles. The second-order valence-corrected chi connectivity index (χ2v) is 5.30. The lowest BCUT2D eigenvalue weighted by Gasteiger charge is -2.37. The molecule has 2 atom stereocenters. The molecule has 6 heteroatoms. The van der Waals surface area contributed by atoms with Gasteiger partial charge in [0.2, 0.25) is 0 Å². The third kappa shape index (κ3) is 3.08. The van der Waals surface area contributed by atoms with Crippen LogP contribution in [0.1, 0.15) is 17.3 Å². The number of hydrogen-bond acceptors (Lipinski definition) is 5. The maximum atomic E-state index is 12.6. The Morgan fingerprint density at radius 2 is 2.47 bits per heavy atom. The Morgan fingerprint density at radius 3 is 3.16 bits per heavy atom. The van der Waals surface area contributed by atoms with Gasteiger partial charge in [-0.05, 0) is 25.3 Å². The van der Waals surface area contributed by atoms with Crippen LogP contribution in [0.15, 0.2) is 23.4 Å². The molecule has 1 aromatic heterocycles. The van der Waals surface area contributed by atoms with Crippen molar-refractivity contribution in [2.24, 2.45) is 0 Å². The molecule has 0 aliphatic carbocycles. The van der Waals surface area contributed by atoms with Crippen LogP contribution in [-0.2, 0) is 4.74 Å². The largest absolute Gasteiger partial charge is 0.394 e. The summed E-state index contributed by atoms with van der Waals surface area (Å²) >= 11 is 1.46. The van der Waals surface area contributed by atoms with Crippen molar-refractivity contribution in [1.29, 1.82) is 0 Å². The molecule has 1 amide bonds. The number of aromatic nitrogens is 1. The number of pyridine rings is 1. The molecule has 1 aliphatic heterocycles. The van der Waals surface area contributed by atoms with Crippen molar-refractivity contribution in [3.8, 4) is 0 Å². The second-order valence-electron chi connectivity index (χ2n) is 4.50. The maximum Gasteiger partial charge on any atom is 0.257 e. The van der Waals surface area contributed by atoms with Crippen molar-refractivity contribution >= 4 is 17.7 Å². The van der Waals surface area contributed by atoms with E-state index in [1.165, 1.54) is 11.8 Å². The van der Waals surface area contributed by atoms with Crippen molar-refractivity contribution in [2.45, 2.75) is 24.1 Å². The SMILES string of the molecule is CSc1ncccc1C(=O)N1CC(CO)OCC1C. The molecule has 1 aliphatic rings. The van der Waals surface area contributed by atoms with Crippen molar-refractivity contribution in [3.63, 3.8) is 0 Å². The van der Waals surface area contributed by atoms with E-state index in [-0.39, 0.29) is 24.7 Å². The van der Waals surface area contributed by atoms with Gasteiger partial charge in [-0.15, -0.1) is 11.8 Å². The van der Waals surface area contributed by atoms with E-state index in [2.05, 4.69) is 4.98 Å². The first-order chi connectivity index (χ1) is 9.17. The molecule has 0 bridgehead atoms. The highest BCUT2D eigenvalue weighted by molar-refractivity contribution is 7.98. The van der Waals surface area contributed by atoms with E-state index in [0.717, 1.165) is 5.03 Å². The average molecular weight is 282 g/mol. The highest BCUT2D eigenvalue weighted by Crippen LogP contribution is 2.21. The Hall–Kier alpha value is -1.11. The number of carbonyl (C=O) groups is 1. The van der Waals surface area contributed by atoms with Crippen LogP contribution >= 0.6 is 11.8 Å². The first-order valence-electron chi connectivity index (χ1n) is 6.19. The fourth-order valence-electron chi connectivity index (χ4n) is 2.08. The van der Waals surface area contributed by atoms with Crippen LogP contribution in [0.4, 0.5) is 0 Å². The molecular weight excluding hydrogens is 264 g/mol. The summed E-state index contributed by atoms with van der Waals surface area (Å²) in [6, 6.07) is 3.56. The van der Waals surface area contributed by atoms with Gasteiger partial charge in [-0.1, -0.05) is 0 Å². The summed E-state index contributed by atoms with van der Waals surface area (Å²) in [5.74, 6) is -0.0494. The van der Waals surface area contributed by atoms with Crippen LogP contribution in [-0.4, -0.2) is 59.1 Å². The number of nitrogens with zero attached hydrogens (tertiary/aromatic N) is 2. The minimum absolute atomic E-state index is 0.00483. The number of thioether (sulfide) groups is 1. The third-order valence-corrected chi connectivity index (χ3v) is 3.88. The van der Waals surface area contributed by atoms with Gasteiger partial charge in [0.05, 0.1) is 30.9 Å². The Labute approximate surface area is 117 Å². The van der Waals surface area contributed by atoms with Gasteiger partial charge in [0.25, 0.3) is 5.91 Å². The summed E-state index contributed by atoms with van der Waals surface area (Å²) in [7, 11) is 0. The Kier molecular flexibility index (Phi) is 4.79. The van der Waals surface area contributed by atoms with Gasteiger partial charge in [0.15, 0.2) is 0 Å². The zero-order valence-electron chi connectivity index (χ0n) is 11.1. The fourth-order valence-corrected chi connectivity index (χ4v) is 2.62. The van der Waals surface area contributed by atoms with E-state index < -0.39 is 0 Å². The van der Waals surface area contributed by atoms with E-state index >= 15 is 0 Å². The number of rotatable bonds is 3. The molecule has 1 aromatic rings. The highest BCUT2D eigenvalue weighted by atomic mass is 32.2. The molecule has 1 N–H and O–H groups in total. The summed E-state index contributed by atoms with van der Waals surface area (Å²) in [6.45, 7) is 2.74. The molecule has 19 heavy (non-hydrogen) atoms. The van der Waals surface area contributed by atoms with Gasteiger partial charge in [0, 0.05) is 12.7 Å². The lowest BCUT2D eigenvalue weighted by molar-refractivity contribution is -0.0668. The minimum Gasteiger partial charge on any atom is -0.394 e. The van der Waals surface area contributed by atoms with Crippen molar-refractivity contribution in [3.05, 3.63) is 23.9 Å². The van der Waals surface area contributed by atoms with E-state index in [0.29, 0.717) is 18.7 Å². The summed E-state index contributed by atoms with van der Waals surface area (Å²) in [5.41, 5.74) is 0.612. The van der Waals surface area contributed by atoms with Gasteiger partial charge in [0.1, 0.15) is 5.03 Å². The van der Waals surface area contributed by atoms with Crippen molar-refractivity contribution in [2.75, 3.05) is 26.0 Å². The maximum absolute atomic E-state index is 12.6. The lowest BCUT2D eigenvalue weighted by atomic mass is 10.1. The molecule has 0 saturated carbocycles.